The molecule has 1 unspecified atom stereocenters. The van der Waals surface area contributed by atoms with E-state index in [1.807, 2.05) is 36.4 Å². The van der Waals surface area contributed by atoms with Crippen LogP contribution >= 0.6 is 0 Å². The molecule has 1 aliphatic rings. The van der Waals surface area contributed by atoms with Gasteiger partial charge < -0.3 is 35.7 Å². The van der Waals surface area contributed by atoms with Gasteiger partial charge in [0.25, 0.3) is 5.78 Å². The van der Waals surface area contributed by atoms with Crippen molar-refractivity contribution in [1.82, 2.24) is 29.9 Å². The third kappa shape index (κ3) is 9.14. The van der Waals surface area contributed by atoms with Crippen molar-refractivity contribution in [2.45, 2.75) is 51.9 Å². The van der Waals surface area contributed by atoms with Crippen molar-refractivity contribution < 1.29 is 23.6 Å². The van der Waals surface area contributed by atoms with Crippen molar-refractivity contribution in [3.8, 4) is 17.3 Å². The number of benzene rings is 2. The van der Waals surface area contributed by atoms with Crippen molar-refractivity contribution in [2.75, 3.05) is 55.7 Å². The number of ether oxygens (including phenoxy) is 1. The number of fused-ring (bicyclic) bond motifs is 2. The number of nitrogens with one attached hydrogen (secondary N) is 4. The number of furan rings is 1. The lowest BCUT2D eigenvalue weighted by molar-refractivity contribution is -0.900. The smallest absolute Gasteiger partial charge is 0.259 e. The van der Waals surface area contributed by atoms with Crippen LogP contribution in [0.5, 0.6) is 5.75 Å². The number of hydrogen-bond donors (Lipinski definition) is 5. The lowest BCUT2D eigenvalue weighted by Crippen LogP contribution is -3.12. The number of rotatable bonds is 19. The maximum atomic E-state index is 12.4. The molecule has 0 bridgehead atoms. The average molecular weight is 682 g/mol. The molecule has 50 heavy (non-hydrogen) atoms. The molecule has 3 aromatic heterocycles. The van der Waals surface area contributed by atoms with Gasteiger partial charge in [-0.3, -0.25) is 9.59 Å². The fraction of sp³-hybridized carbons (Fsp3) is 0.389. The lowest BCUT2D eigenvalue weighted by Gasteiger charge is -2.19. The lowest BCUT2D eigenvalue weighted by atomic mass is 10.0. The standard InChI is InChI=1S/C36H44N10O4/c1-2-19-45(21-16-26-7-3-8-29-28(26)24-32(48)40-29)20-6-17-38-31(47)10-5-22-49-27-13-11-25(12-14-27)15-18-39-35-42-34(37)46-36(43-35)41-33(44-46)30-9-4-23-50-30/h3-4,7-9,11-14,23H,2,5-6,10,15-22,24H2,1H3,(H,38,47)(H,40,48)(H3,37,39,41,42,43,44)/p+1. The summed E-state index contributed by atoms with van der Waals surface area (Å²) in [5.41, 5.74) is 10.6. The molecule has 2 aromatic carbocycles. The van der Waals surface area contributed by atoms with E-state index >= 15 is 0 Å². The van der Waals surface area contributed by atoms with Gasteiger partial charge in [-0.15, -0.1) is 5.10 Å². The number of nitrogens with zero attached hydrogens (tertiary/aromatic N) is 5. The van der Waals surface area contributed by atoms with Gasteiger partial charge in [0.2, 0.25) is 29.5 Å². The van der Waals surface area contributed by atoms with E-state index in [2.05, 4.69) is 49.0 Å². The number of hydrogen-bond acceptors (Lipinski definition) is 10. The molecule has 1 aliphatic heterocycles. The van der Waals surface area contributed by atoms with Crippen molar-refractivity contribution in [1.29, 1.82) is 0 Å². The van der Waals surface area contributed by atoms with Gasteiger partial charge in [0.15, 0.2) is 5.76 Å². The van der Waals surface area contributed by atoms with Gasteiger partial charge in [-0.1, -0.05) is 31.2 Å². The molecule has 2 amide bonds. The Kier molecular flexibility index (Phi) is 11.5. The normalized spacial score (nSPS) is 12.9. The molecule has 0 aliphatic carbocycles. The molecule has 1 atom stereocenters. The number of nitrogen functional groups attached to an aromatic ring is 1. The van der Waals surface area contributed by atoms with Crippen LogP contribution in [0, 0.1) is 0 Å². The minimum absolute atomic E-state index is 0.0531. The first-order chi connectivity index (χ1) is 24.4. The van der Waals surface area contributed by atoms with E-state index in [4.69, 9.17) is 14.9 Å². The number of nitrogens with two attached hydrogens (primary N) is 1. The summed E-state index contributed by atoms with van der Waals surface area (Å²) in [6.07, 6.45) is 6.83. The second-order valence-corrected chi connectivity index (χ2v) is 12.4. The maximum absolute atomic E-state index is 12.4. The molecule has 14 heteroatoms. The Morgan fingerprint density at radius 1 is 1.02 bits per heavy atom. The molecule has 262 valence electrons. The van der Waals surface area contributed by atoms with Crippen LogP contribution in [-0.2, 0) is 28.9 Å². The minimum atomic E-state index is 0.0531. The van der Waals surface area contributed by atoms with Crippen LogP contribution in [0.25, 0.3) is 17.4 Å². The number of aromatic nitrogens is 5. The summed E-state index contributed by atoms with van der Waals surface area (Å²) in [7, 11) is 0. The van der Waals surface area contributed by atoms with E-state index in [0.717, 1.165) is 67.9 Å². The molecule has 0 radical (unpaired) electrons. The number of carbonyl (C=O) groups is 2. The Labute approximate surface area is 290 Å². The number of anilines is 3. The summed E-state index contributed by atoms with van der Waals surface area (Å²) < 4.78 is 12.6. The van der Waals surface area contributed by atoms with E-state index in [9.17, 15) is 9.59 Å². The molecular formula is C36H45N10O4+. The number of carbonyl (C=O) groups excluding carboxylic acids is 2. The molecule has 0 saturated carbocycles. The fourth-order valence-corrected chi connectivity index (χ4v) is 6.13. The zero-order valence-electron chi connectivity index (χ0n) is 28.4. The summed E-state index contributed by atoms with van der Waals surface area (Å²) in [5.74, 6) is 2.69. The second-order valence-electron chi connectivity index (χ2n) is 12.4. The summed E-state index contributed by atoms with van der Waals surface area (Å²) in [6, 6.07) is 17.6. The Morgan fingerprint density at radius 2 is 1.90 bits per heavy atom. The van der Waals surface area contributed by atoms with Crippen LogP contribution in [0.2, 0.25) is 0 Å². The third-order valence-electron chi connectivity index (χ3n) is 8.68. The second kappa shape index (κ2) is 16.7. The zero-order valence-corrected chi connectivity index (χ0v) is 28.4. The van der Waals surface area contributed by atoms with E-state index in [1.54, 1.807) is 18.4 Å². The fourth-order valence-electron chi connectivity index (χ4n) is 6.13. The van der Waals surface area contributed by atoms with Gasteiger partial charge in [-0.05, 0) is 66.3 Å². The predicted octanol–water partition coefficient (Wildman–Crippen LogP) is 2.71. The predicted molar refractivity (Wildman–Crippen MR) is 190 cm³/mol. The molecule has 0 saturated heterocycles. The molecule has 6 N–H and O–H groups in total. The van der Waals surface area contributed by atoms with Crippen molar-refractivity contribution in [2.24, 2.45) is 0 Å². The van der Waals surface area contributed by atoms with Crippen LogP contribution in [0.4, 0.5) is 17.6 Å². The molecular weight excluding hydrogens is 636 g/mol. The first-order valence-electron chi connectivity index (χ1n) is 17.4. The summed E-state index contributed by atoms with van der Waals surface area (Å²) in [4.78, 5) is 38.8. The van der Waals surface area contributed by atoms with E-state index in [0.29, 0.717) is 62.3 Å². The van der Waals surface area contributed by atoms with Crippen molar-refractivity contribution in [3.63, 3.8) is 0 Å². The average Bonchev–Trinajstić information content (AvgIpc) is 3.88. The van der Waals surface area contributed by atoms with Gasteiger partial charge in [0.1, 0.15) is 5.75 Å². The Balaban J connectivity index is 0.838. The highest BCUT2D eigenvalue weighted by Crippen LogP contribution is 2.26. The molecule has 6 rings (SSSR count). The molecule has 14 nitrogen and oxygen atoms in total. The molecule has 0 spiro atoms. The highest BCUT2D eigenvalue weighted by Gasteiger charge is 2.21. The van der Waals surface area contributed by atoms with Gasteiger partial charge in [0, 0.05) is 38.0 Å². The summed E-state index contributed by atoms with van der Waals surface area (Å²) >= 11 is 0. The largest absolute Gasteiger partial charge is 0.494 e. The third-order valence-corrected chi connectivity index (χ3v) is 8.68. The first kappa shape index (κ1) is 34.4. The molecule has 5 aromatic rings. The Bertz CT molecular complexity index is 1870. The Morgan fingerprint density at radius 3 is 2.72 bits per heavy atom. The molecule has 0 fully saturated rings. The van der Waals surface area contributed by atoms with Crippen LogP contribution in [0.1, 0.15) is 49.3 Å². The minimum Gasteiger partial charge on any atom is -0.494 e. The zero-order chi connectivity index (χ0) is 34.7. The molecule has 4 heterocycles. The quantitative estimate of drug-likeness (QED) is 0.0814. The van der Waals surface area contributed by atoms with Crippen LogP contribution < -0.4 is 31.3 Å². The van der Waals surface area contributed by atoms with Gasteiger partial charge in [0.05, 0.1) is 38.9 Å². The van der Waals surface area contributed by atoms with Gasteiger partial charge in [-0.2, -0.15) is 19.5 Å². The Hall–Kier alpha value is -5.50. The summed E-state index contributed by atoms with van der Waals surface area (Å²) in [6.45, 7) is 7.05. The van der Waals surface area contributed by atoms with E-state index < -0.39 is 0 Å². The van der Waals surface area contributed by atoms with E-state index in [1.165, 1.54) is 15.0 Å². The summed E-state index contributed by atoms with van der Waals surface area (Å²) in [5, 5.41) is 13.5. The van der Waals surface area contributed by atoms with Crippen LogP contribution in [0.15, 0.2) is 65.3 Å². The van der Waals surface area contributed by atoms with Gasteiger partial charge >= 0.3 is 0 Å². The van der Waals surface area contributed by atoms with Crippen molar-refractivity contribution >= 4 is 35.2 Å². The van der Waals surface area contributed by atoms with Crippen LogP contribution in [-0.4, -0.2) is 75.7 Å². The highest BCUT2D eigenvalue weighted by atomic mass is 16.5. The topological polar surface area (TPSA) is 179 Å². The first-order valence-corrected chi connectivity index (χ1v) is 17.4. The number of amides is 2. The monoisotopic (exact) mass is 681 g/mol. The highest BCUT2D eigenvalue weighted by molar-refractivity contribution is 5.99. The SMILES string of the molecule is CCC[NH+](CCCNC(=O)CCCOc1ccc(CCNc2nc(N)n3nc(-c4ccco4)nc3n2)cc1)CCc1cccc2c1CC(=O)N2. The maximum Gasteiger partial charge on any atom is 0.259 e. The van der Waals surface area contributed by atoms with Crippen molar-refractivity contribution in [3.05, 3.63) is 77.6 Å². The van der Waals surface area contributed by atoms with Gasteiger partial charge in [-0.25, -0.2) is 0 Å². The van der Waals surface area contributed by atoms with E-state index in [-0.39, 0.29) is 17.8 Å². The number of quaternary nitrogens is 1. The van der Waals surface area contributed by atoms with Crippen LogP contribution in [0.3, 0.4) is 0 Å².